The van der Waals surface area contributed by atoms with Crippen LogP contribution >= 0.6 is 0 Å². The summed E-state index contributed by atoms with van der Waals surface area (Å²) in [6.07, 6.45) is -2.69. The van der Waals surface area contributed by atoms with Crippen LogP contribution in [0.25, 0.3) is 0 Å². The average molecular weight is 389 g/mol. The van der Waals surface area contributed by atoms with Gasteiger partial charge >= 0.3 is 17.9 Å². The fourth-order valence-corrected chi connectivity index (χ4v) is 2.71. The van der Waals surface area contributed by atoms with Gasteiger partial charge in [0.05, 0.1) is 6.04 Å². The third kappa shape index (κ3) is 7.92. The first-order chi connectivity index (χ1) is 12.4. The SMILES string of the molecule is CC(=O)N[C@@H](COC(C)=O)[C@H]1OC(C)(C)O[C@@H]1[C@@H](COC(C)=O)OC(C)=O. The Morgan fingerprint density at radius 3 is 1.89 bits per heavy atom. The second-order valence-electron chi connectivity index (χ2n) is 6.62. The molecule has 0 aromatic rings. The molecule has 10 nitrogen and oxygen atoms in total. The summed E-state index contributed by atoms with van der Waals surface area (Å²) in [6, 6.07) is -0.770. The molecule has 0 aliphatic carbocycles. The van der Waals surface area contributed by atoms with Crippen molar-refractivity contribution in [3.05, 3.63) is 0 Å². The third-order valence-electron chi connectivity index (χ3n) is 3.55. The molecule has 0 aromatic heterocycles. The predicted molar refractivity (Wildman–Crippen MR) is 90.2 cm³/mol. The standard InChI is InChI=1S/C17H27NO9/c1-9(19)18-13(7-23-10(2)20)15-16(27-17(5,6)26-15)14(25-12(4)22)8-24-11(3)21/h13-16H,7-8H2,1-6H3,(H,18,19)/t13-,14+,15+,16+/m0/s1. The molecule has 0 radical (unpaired) electrons. The van der Waals surface area contributed by atoms with Gasteiger partial charge in [0.1, 0.15) is 25.4 Å². The molecule has 10 heteroatoms. The number of carbonyl (C=O) groups excluding carboxylic acids is 4. The molecule has 0 spiro atoms. The quantitative estimate of drug-likeness (QED) is 0.453. The van der Waals surface area contributed by atoms with E-state index in [1.807, 2.05) is 0 Å². The van der Waals surface area contributed by atoms with Crippen LogP contribution in [0, 0.1) is 0 Å². The van der Waals surface area contributed by atoms with Crippen LogP contribution in [-0.2, 0) is 42.9 Å². The molecular weight excluding hydrogens is 362 g/mol. The van der Waals surface area contributed by atoms with Crippen LogP contribution in [0.2, 0.25) is 0 Å². The van der Waals surface area contributed by atoms with Gasteiger partial charge in [-0.25, -0.2) is 0 Å². The highest BCUT2D eigenvalue weighted by Crippen LogP contribution is 2.33. The minimum Gasteiger partial charge on any atom is -0.464 e. The van der Waals surface area contributed by atoms with Crippen molar-refractivity contribution in [2.75, 3.05) is 13.2 Å². The van der Waals surface area contributed by atoms with Crippen molar-refractivity contribution in [3.63, 3.8) is 0 Å². The smallest absolute Gasteiger partial charge is 0.303 e. The maximum absolute atomic E-state index is 11.6. The Labute approximate surface area is 157 Å². The molecule has 154 valence electrons. The molecule has 4 atom stereocenters. The van der Waals surface area contributed by atoms with Gasteiger partial charge in [-0.2, -0.15) is 0 Å². The zero-order valence-electron chi connectivity index (χ0n) is 16.4. The highest BCUT2D eigenvalue weighted by atomic mass is 16.8. The van der Waals surface area contributed by atoms with E-state index in [4.69, 9.17) is 23.7 Å². The second-order valence-corrected chi connectivity index (χ2v) is 6.62. The number of esters is 3. The van der Waals surface area contributed by atoms with Gasteiger partial charge in [0, 0.05) is 27.7 Å². The second kappa shape index (κ2) is 9.65. The topological polar surface area (TPSA) is 126 Å². The molecule has 0 saturated carbocycles. The lowest BCUT2D eigenvalue weighted by molar-refractivity contribution is -0.177. The predicted octanol–water partition coefficient (Wildman–Crippen LogP) is 0.0691. The summed E-state index contributed by atoms with van der Waals surface area (Å²) in [4.78, 5) is 45.4. The van der Waals surface area contributed by atoms with Crippen LogP contribution in [0.15, 0.2) is 0 Å². The number of rotatable bonds is 8. The van der Waals surface area contributed by atoms with Crippen LogP contribution in [-0.4, -0.2) is 67.2 Å². The molecule has 1 fully saturated rings. The number of ether oxygens (including phenoxy) is 5. The van der Waals surface area contributed by atoms with E-state index < -0.39 is 48.0 Å². The van der Waals surface area contributed by atoms with Crippen molar-refractivity contribution < 1.29 is 42.9 Å². The molecule has 1 aliphatic rings. The normalized spacial score (nSPS) is 23.0. The van der Waals surface area contributed by atoms with Crippen molar-refractivity contribution >= 4 is 23.8 Å². The largest absolute Gasteiger partial charge is 0.464 e. The molecular formula is C17H27NO9. The van der Waals surface area contributed by atoms with E-state index >= 15 is 0 Å². The minimum absolute atomic E-state index is 0.171. The van der Waals surface area contributed by atoms with Gasteiger partial charge in [-0.15, -0.1) is 0 Å². The van der Waals surface area contributed by atoms with E-state index in [-0.39, 0.29) is 19.1 Å². The lowest BCUT2D eigenvalue weighted by Gasteiger charge is -2.30. The molecule has 1 heterocycles. The van der Waals surface area contributed by atoms with Crippen LogP contribution < -0.4 is 5.32 Å². The first-order valence-electron chi connectivity index (χ1n) is 8.48. The van der Waals surface area contributed by atoms with Crippen molar-refractivity contribution in [2.24, 2.45) is 0 Å². The summed E-state index contributed by atoms with van der Waals surface area (Å²) >= 11 is 0. The number of hydrogen-bond acceptors (Lipinski definition) is 9. The van der Waals surface area contributed by atoms with Gasteiger partial charge in [0.2, 0.25) is 5.91 Å². The van der Waals surface area contributed by atoms with E-state index in [1.54, 1.807) is 13.8 Å². The van der Waals surface area contributed by atoms with Crippen molar-refractivity contribution in [2.45, 2.75) is 71.7 Å². The minimum atomic E-state index is -1.07. The Bertz CT molecular complexity index is 527. The Morgan fingerprint density at radius 1 is 0.889 bits per heavy atom. The molecule has 27 heavy (non-hydrogen) atoms. The van der Waals surface area contributed by atoms with E-state index in [1.165, 1.54) is 27.7 Å². The number of amides is 1. The van der Waals surface area contributed by atoms with Gasteiger partial charge in [-0.3, -0.25) is 19.2 Å². The lowest BCUT2D eigenvalue weighted by Crippen LogP contribution is -2.54. The summed E-state index contributed by atoms with van der Waals surface area (Å²) < 4.78 is 26.9. The summed E-state index contributed by atoms with van der Waals surface area (Å²) in [5, 5.41) is 2.65. The Morgan fingerprint density at radius 2 is 1.41 bits per heavy atom. The van der Waals surface area contributed by atoms with Crippen LogP contribution in [0.5, 0.6) is 0 Å². The van der Waals surface area contributed by atoms with E-state index in [9.17, 15) is 19.2 Å². The molecule has 0 aromatic carbocycles. The van der Waals surface area contributed by atoms with Gasteiger partial charge in [0.15, 0.2) is 11.9 Å². The summed E-state index contributed by atoms with van der Waals surface area (Å²) in [5.41, 5.74) is 0. The lowest BCUT2D eigenvalue weighted by atomic mass is 10.0. The van der Waals surface area contributed by atoms with Gasteiger partial charge in [-0.05, 0) is 13.8 Å². The number of nitrogens with one attached hydrogen (secondary N) is 1. The summed E-state index contributed by atoms with van der Waals surface area (Å²) in [6.45, 7) is 7.84. The molecule has 1 aliphatic heterocycles. The molecule has 1 saturated heterocycles. The van der Waals surface area contributed by atoms with E-state index in [2.05, 4.69) is 5.32 Å². The van der Waals surface area contributed by atoms with E-state index in [0.29, 0.717) is 0 Å². The third-order valence-corrected chi connectivity index (χ3v) is 3.55. The molecule has 1 amide bonds. The Balaban J connectivity index is 3.11. The maximum Gasteiger partial charge on any atom is 0.303 e. The summed E-state index contributed by atoms with van der Waals surface area (Å²) in [7, 11) is 0. The molecule has 1 rings (SSSR count). The fourth-order valence-electron chi connectivity index (χ4n) is 2.71. The maximum atomic E-state index is 11.6. The average Bonchev–Trinajstić information content (AvgIpc) is 2.82. The van der Waals surface area contributed by atoms with Crippen LogP contribution in [0.4, 0.5) is 0 Å². The Hall–Kier alpha value is -2.20. The monoisotopic (exact) mass is 389 g/mol. The molecule has 0 bridgehead atoms. The van der Waals surface area contributed by atoms with Gasteiger partial charge < -0.3 is 29.0 Å². The zero-order valence-corrected chi connectivity index (χ0v) is 16.4. The van der Waals surface area contributed by atoms with Gasteiger partial charge in [0.25, 0.3) is 0 Å². The van der Waals surface area contributed by atoms with Crippen molar-refractivity contribution in [1.29, 1.82) is 0 Å². The first-order valence-corrected chi connectivity index (χ1v) is 8.48. The Kier molecular flexibility index (Phi) is 8.17. The van der Waals surface area contributed by atoms with E-state index in [0.717, 1.165) is 0 Å². The number of carbonyl (C=O) groups is 4. The highest BCUT2D eigenvalue weighted by Gasteiger charge is 2.50. The highest BCUT2D eigenvalue weighted by molar-refractivity contribution is 5.73. The fraction of sp³-hybridized carbons (Fsp3) is 0.765. The van der Waals surface area contributed by atoms with Crippen LogP contribution in [0.3, 0.4) is 0 Å². The summed E-state index contributed by atoms with van der Waals surface area (Å²) in [5.74, 6) is -3.13. The van der Waals surface area contributed by atoms with Gasteiger partial charge in [-0.1, -0.05) is 0 Å². The van der Waals surface area contributed by atoms with Crippen LogP contribution in [0.1, 0.15) is 41.5 Å². The van der Waals surface area contributed by atoms with Crippen molar-refractivity contribution in [1.82, 2.24) is 5.32 Å². The number of hydrogen-bond donors (Lipinski definition) is 1. The zero-order chi connectivity index (χ0) is 20.8. The molecule has 1 N–H and O–H groups in total. The van der Waals surface area contributed by atoms with Crippen molar-refractivity contribution in [3.8, 4) is 0 Å². The molecule has 0 unspecified atom stereocenters. The first kappa shape index (κ1) is 22.8.